The van der Waals surface area contributed by atoms with Crippen LogP contribution in [0.25, 0.3) is 0 Å². The van der Waals surface area contributed by atoms with E-state index in [2.05, 4.69) is 22.2 Å². The molecule has 3 rings (SSSR count). The van der Waals surface area contributed by atoms with E-state index < -0.39 is 0 Å². The van der Waals surface area contributed by atoms with Crippen molar-refractivity contribution in [3.8, 4) is 0 Å². The molecule has 1 unspecified atom stereocenters. The Bertz CT molecular complexity index is 439. The van der Waals surface area contributed by atoms with Gasteiger partial charge in [-0.15, -0.1) is 0 Å². The Morgan fingerprint density at radius 2 is 2.00 bits per heavy atom. The Kier molecular flexibility index (Phi) is 2.82. The maximum Gasteiger partial charge on any atom is 0.0831 e. The summed E-state index contributed by atoms with van der Waals surface area (Å²) in [5.74, 6) is 0. The van der Waals surface area contributed by atoms with Crippen molar-refractivity contribution in [2.75, 3.05) is 26.3 Å². The summed E-state index contributed by atoms with van der Waals surface area (Å²) in [7, 11) is 0. The van der Waals surface area contributed by atoms with E-state index in [1.54, 1.807) is 0 Å². The smallest absolute Gasteiger partial charge is 0.0831 e. The number of morpholine rings is 1. The highest BCUT2D eigenvalue weighted by Crippen LogP contribution is 2.34. The van der Waals surface area contributed by atoms with Gasteiger partial charge in [-0.05, 0) is 11.1 Å². The van der Waals surface area contributed by atoms with Crippen molar-refractivity contribution in [1.29, 1.82) is 0 Å². The van der Waals surface area contributed by atoms with Crippen molar-refractivity contribution in [1.82, 2.24) is 4.90 Å². The molecular weight excluding hydrogens is 216 g/mol. The van der Waals surface area contributed by atoms with Gasteiger partial charge < -0.3 is 9.94 Å². The lowest BCUT2D eigenvalue weighted by Gasteiger charge is -2.32. The van der Waals surface area contributed by atoms with E-state index in [4.69, 9.17) is 9.94 Å². The lowest BCUT2D eigenvalue weighted by atomic mass is 10.1. The van der Waals surface area contributed by atoms with Crippen LogP contribution in [0.3, 0.4) is 0 Å². The highest BCUT2D eigenvalue weighted by Gasteiger charge is 2.34. The van der Waals surface area contributed by atoms with Gasteiger partial charge in [-0.3, -0.25) is 4.90 Å². The largest absolute Gasteiger partial charge is 0.411 e. The van der Waals surface area contributed by atoms with Crippen LogP contribution in [0.4, 0.5) is 0 Å². The summed E-state index contributed by atoms with van der Waals surface area (Å²) < 4.78 is 5.37. The number of ether oxygens (including phenoxy) is 1. The van der Waals surface area contributed by atoms with E-state index in [0.717, 1.165) is 38.4 Å². The molecule has 1 atom stereocenters. The summed E-state index contributed by atoms with van der Waals surface area (Å²) in [6.07, 6.45) is 0.759. The molecule has 1 fully saturated rings. The zero-order valence-corrected chi connectivity index (χ0v) is 9.67. The normalized spacial score (nSPS) is 27.3. The number of nitrogens with zero attached hydrogens (tertiary/aromatic N) is 2. The fourth-order valence-electron chi connectivity index (χ4n) is 2.77. The molecule has 1 aromatic carbocycles. The summed E-state index contributed by atoms with van der Waals surface area (Å²) in [6.45, 7) is 3.32. The highest BCUT2D eigenvalue weighted by atomic mass is 16.5. The number of fused-ring (bicyclic) bond motifs is 1. The molecule has 0 spiro atoms. The zero-order valence-electron chi connectivity index (χ0n) is 9.67. The van der Waals surface area contributed by atoms with Gasteiger partial charge in [0.1, 0.15) is 0 Å². The third-order valence-corrected chi connectivity index (χ3v) is 3.58. The van der Waals surface area contributed by atoms with Gasteiger partial charge in [-0.1, -0.05) is 29.4 Å². The standard InChI is InChI=1S/C13H16N2O2/c16-14-12-9-10-3-1-2-4-11(10)13(12)15-5-7-17-8-6-15/h1-4,13,16H,5-9H2. The van der Waals surface area contributed by atoms with Crippen molar-refractivity contribution in [2.24, 2.45) is 5.16 Å². The second-order valence-electron chi connectivity index (χ2n) is 4.52. The maximum atomic E-state index is 9.17. The van der Waals surface area contributed by atoms with E-state index in [1.807, 2.05) is 12.1 Å². The quantitative estimate of drug-likeness (QED) is 0.588. The van der Waals surface area contributed by atoms with Gasteiger partial charge in [0, 0.05) is 19.5 Å². The first-order valence-electron chi connectivity index (χ1n) is 6.00. The summed E-state index contributed by atoms with van der Waals surface area (Å²) >= 11 is 0. The molecule has 1 aromatic rings. The Labute approximate surface area is 100 Å². The molecule has 1 aliphatic heterocycles. The number of oxime groups is 1. The van der Waals surface area contributed by atoms with Gasteiger partial charge in [-0.25, -0.2) is 0 Å². The van der Waals surface area contributed by atoms with Gasteiger partial charge in [0.2, 0.25) is 0 Å². The van der Waals surface area contributed by atoms with Crippen LogP contribution in [0.2, 0.25) is 0 Å². The molecular formula is C13H16N2O2. The number of rotatable bonds is 1. The molecule has 1 N–H and O–H groups in total. The molecule has 0 aromatic heterocycles. The Hall–Kier alpha value is -1.39. The monoisotopic (exact) mass is 232 g/mol. The molecule has 2 aliphatic rings. The summed E-state index contributed by atoms with van der Waals surface area (Å²) in [4.78, 5) is 2.34. The minimum absolute atomic E-state index is 0.139. The van der Waals surface area contributed by atoms with Gasteiger partial charge in [0.25, 0.3) is 0 Å². The van der Waals surface area contributed by atoms with Gasteiger partial charge >= 0.3 is 0 Å². The number of hydrogen-bond acceptors (Lipinski definition) is 4. The lowest BCUT2D eigenvalue weighted by molar-refractivity contribution is 0.0286. The summed E-state index contributed by atoms with van der Waals surface area (Å²) in [6, 6.07) is 8.47. The maximum absolute atomic E-state index is 9.17. The Morgan fingerprint density at radius 1 is 1.24 bits per heavy atom. The van der Waals surface area contributed by atoms with Crippen LogP contribution in [0.1, 0.15) is 17.2 Å². The minimum Gasteiger partial charge on any atom is -0.411 e. The highest BCUT2D eigenvalue weighted by molar-refractivity contribution is 5.96. The lowest BCUT2D eigenvalue weighted by Crippen LogP contribution is -2.40. The van der Waals surface area contributed by atoms with Crippen molar-refractivity contribution >= 4 is 5.71 Å². The zero-order chi connectivity index (χ0) is 11.7. The van der Waals surface area contributed by atoms with Crippen molar-refractivity contribution < 1.29 is 9.94 Å². The Morgan fingerprint density at radius 3 is 2.76 bits per heavy atom. The first-order valence-corrected chi connectivity index (χ1v) is 6.00. The predicted molar refractivity (Wildman–Crippen MR) is 64.5 cm³/mol. The van der Waals surface area contributed by atoms with Crippen LogP contribution < -0.4 is 0 Å². The van der Waals surface area contributed by atoms with Crippen LogP contribution >= 0.6 is 0 Å². The van der Waals surface area contributed by atoms with E-state index in [-0.39, 0.29) is 6.04 Å². The van der Waals surface area contributed by atoms with Crippen LogP contribution in [0, 0.1) is 0 Å². The average Bonchev–Trinajstić information content (AvgIpc) is 2.78. The second-order valence-corrected chi connectivity index (χ2v) is 4.52. The first-order chi connectivity index (χ1) is 8.40. The SMILES string of the molecule is ON=C1Cc2ccccc2C1N1CCOCC1. The molecule has 0 saturated carbocycles. The van der Waals surface area contributed by atoms with Crippen molar-refractivity contribution in [2.45, 2.75) is 12.5 Å². The topological polar surface area (TPSA) is 45.1 Å². The molecule has 0 radical (unpaired) electrons. The second kappa shape index (κ2) is 4.47. The van der Waals surface area contributed by atoms with Gasteiger partial charge in [-0.2, -0.15) is 0 Å². The van der Waals surface area contributed by atoms with E-state index in [1.165, 1.54) is 11.1 Å². The Balaban J connectivity index is 1.95. The number of benzene rings is 1. The predicted octanol–water partition coefficient (Wildman–Crippen LogP) is 1.45. The molecule has 1 aliphatic carbocycles. The molecule has 90 valence electrons. The molecule has 1 heterocycles. The molecule has 0 bridgehead atoms. The number of hydrogen-bond donors (Lipinski definition) is 1. The summed E-state index contributed by atoms with van der Waals surface area (Å²) in [5.41, 5.74) is 3.41. The van der Waals surface area contributed by atoms with Crippen LogP contribution in [-0.4, -0.2) is 42.1 Å². The van der Waals surface area contributed by atoms with Crippen molar-refractivity contribution in [3.05, 3.63) is 35.4 Å². The summed E-state index contributed by atoms with van der Waals surface area (Å²) in [5, 5.41) is 12.7. The molecule has 17 heavy (non-hydrogen) atoms. The van der Waals surface area contributed by atoms with Crippen molar-refractivity contribution in [3.63, 3.8) is 0 Å². The fourth-order valence-corrected chi connectivity index (χ4v) is 2.77. The third kappa shape index (κ3) is 1.83. The molecule has 4 nitrogen and oxygen atoms in total. The van der Waals surface area contributed by atoms with Gasteiger partial charge in [0.05, 0.1) is 25.0 Å². The molecule has 4 heteroatoms. The van der Waals surface area contributed by atoms with Crippen LogP contribution in [0.5, 0.6) is 0 Å². The average molecular weight is 232 g/mol. The van der Waals surface area contributed by atoms with E-state index >= 15 is 0 Å². The molecule has 0 amide bonds. The van der Waals surface area contributed by atoms with E-state index in [0.29, 0.717) is 0 Å². The fraction of sp³-hybridized carbons (Fsp3) is 0.462. The molecule has 1 saturated heterocycles. The third-order valence-electron chi connectivity index (χ3n) is 3.58. The van der Waals surface area contributed by atoms with Crippen LogP contribution in [-0.2, 0) is 11.2 Å². The van der Waals surface area contributed by atoms with E-state index in [9.17, 15) is 0 Å². The van der Waals surface area contributed by atoms with Crippen LogP contribution in [0.15, 0.2) is 29.4 Å². The minimum atomic E-state index is 0.139. The van der Waals surface area contributed by atoms with Gasteiger partial charge in [0.15, 0.2) is 0 Å². The first kappa shape index (κ1) is 10.7.